The van der Waals surface area contributed by atoms with Crippen molar-refractivity contribution in [3.05, 3.63) is 23.2 Å². The van der Waals surface area contributed by atoms with E-state index in [0.29, 0.717) is 22.9 Å². The minimum atomic E-state index is 0.0275. The fraction of sp³-hybridized carbons (Fsp3) is 0.462. The van der Waals surface area contributed by atoms with Crippen molar-refractivity contribution in [2.45, 2.75) is 32.6 Å². The van der Waals surface area contributed by atoms with Gasteiger partial charge in [-0.15, -0.1) is 0 Å². The highest BCUT2D eigenvalue weighted by Crippen LogP contribution is 2.27. The highest BCUT2D eigenvalue weighted by atomic mass is 35.5. The first-order valence-electron chi connectivity index (χ1n) is 5.80. The van der Waals surface area contributed by atoms with Crippen LogP contribution >= 0.6 is 11.6 Å². The average molecular weight is 256 g/mol. The van der Waals surface area contributed by atoms with Crippen molar-refractivity contribution in [3.8, 4) is 5.75 Å². The summed E-state index contributed by atoms with van der Waals surface area (Å²) < 4.78 is 5.04. The summed E-state index contributed by atoms with van der Waals surface area (Å²) in [6.45, 7) is 2.11. The van der Waals surface area contributed by atoms with Crippen LogP contribution in [0.25, 0.3) is 0 Å². The number of unbranched alkanes of at least 4 members (excludes halogenated alkanes) is 2. The summed E-state index contributed by atoms with van der Waals surface area (Å²) in [5.74, 6) is 0.635. The van der Waals surface area contributed by atoms with E-state index in [4.69, 9.17) is 16.3 Å². The Labute approximate surface area is 107 Å². The molecule has 0 unspecified atom stereocenters. The van der Waals surface area contributed by atoms with Crippen LogP contribution in [0.1, 0.15) is 32.6 Å². The van der Waals surface area contributed by atoms with Gasteiger partial charge in [-0.05, 0) is 24.6 Å². The number of rotatable bonds is 6. The van der Waals surface area contributed by atoms with E-state index < -0.39 is 0 Å². The van der Waals surface area contributed by atoms with Crippen LogP contribution in [0.5, 0.6) is 5.75 Å². The second kappa shape index (κ2) is 7.17. The number of nitrogens with one attached hydrogen (secondary N) is 1. The van der Waals surface area contributed by atoms with Gasteiger partial charge in [0.15, 0.2) is 0 Å². The molecule has 0 heterocycles. The van der Waals surface area contributed by atoms with Crippen LogP contribution in [0.15, 0.2) is 18.2 Å². The largest absolute Gasteiger partial charge is 0.495 e. The van der Waals surface area contributed by atoms with Crippen molar-refractivity contribution >= 4 is 23.2 Å². The van der Waals surface area contributed by atoms with E-state index in [2.05, 4.69) is 12.2 Å². The third kappa shape index (κ3) is 4.65. The second-order valence-electron chi connectivity index (χ2n) is 3.85. The van der Waals surface area contributed by atoms with E-state index in [1.165, 1.54) is 0 Å². The topological polar surface area (TPSA) is 38.3 Å². The lowest BCUT2D eigenvalue weighted by molar-refractivity contribution is -0.116. The van der Waals surface area contributed by atoms with E-state index in [0.717, 1.165) is 19.3 Å². The molecular weight excluding hydrogens is 238 g/mol. The van der Waals surface area contributed by atoms with Crippen molar-refractivity contribution in [1.82, 2.24) is 0 Å². The highest BCUT2D eigenvalue weighted by Gasteiger charge is 2.05. The molecule has 1 aromatic carbocycles. The van der Waals surface area contributed by atoms with Crippen LogP contribution < -0.4 is 10.1 Å². The molecular formula is C13H18ClNO2. The predicted molar refractivity (Wildman–Crippen MR) is 70.8 cm³/mol. The molecule has 0 saturated carbocycles. The summed E-state index contributed by atoms with van der Waals surface area (Å²) >= 11 is 5.96. The van der Waals surface area contributed by atoms with Gasteiger partial charge in [0.05, 0.1) is 12.1 Å². The first kappa shape index (κ1) is 13.8. The zero-order chi connectivity index (χ0) is 12.7. The van der Waals surface area contributed by atoms with E-state index >= 15 is 0 Å². The molecule has 0 fully saturated rings. The van der Waals surface area contributed by atoms with Crippen LogP contribution in [-0.4, -0.2) is 13.0 Å². The molecule has 0 aromatic heterocycles. The molecule has 0 bridgehead atoms. The normalized spacial score (nSPS) is 10.1. The van der Waals surface area contributed by atoms with Gasteiger partial charge in [-0.1, -0.05) is 31.4 Å². The van der Waals surface area contributed by atoms with Crippen molar-refractivity contribution in [2.75, 3.05) is 12.4 Å². The van der Waals surface area contributed by atoms with E-state index in [1.807, 2.05) is 0 Å². The molecule has 0 aliphatic rings. The Kier molecular flexibility index (Phi) is 5.84. The number of hydrogen-bond acceptors (Lipinski definition) is 2. The van der Waals surface area contributed by atoms with Crippen LogP contribution in [0, 0.1) is 0 Å². The van der Waals surface area contributed by atoms with E-state index in [9.17, 15) is 4.79 Å². The monoisotopic (exact) mass is 255 g/mol. The van der Waals surface area contributed by atoms with Crippen LogP contribution in [0.3, 0.4) is 0 Å². The van der Waals surface area contributed by atoms with Crippen molar-refractivity contribution in [1.29, 1.82) is 0 Å². The molecule has 17 heavy (non-hydrogen) atoms. The third-order valence-corrected chi connectivity index (χ3v) is 2.74. The molecule has 3 nitrogen and oxygen atoms in total. The summed E-state index contributed by atoms with van der Waals surface area (Å²) in [6, 6.07) is 5.21. The first-order chi connectivity index (χ1) is 8.17. The van der Waals surface area contributed by atoms with Gasteiger partial charge < -0.3 is 10.1 Å². The molecule has 0 radical (unpaired) electrons. The summed E-state index contributed by atoms with van der Waals surface area (Å²) in [6.07, 6.45) is 3.67. The molecule has 0 aliphatic carbocycles. The van der Waals surface area contributed by atoms with Crippen LogP contribution in [-0.2, 0) is 4.79 Å². The van der Waals surface area contributed by atoms with Crippen molar-refractivity contribution in [2.24, 2.45) is 0 Å². The average Bonchev–Trinajstić information content (AvgIpc) is 2.29. The lowest BCUT2D eigenvalue weighted by Crippen LogP contribution is -2.10. The molecule has 0 atom stereocenters. The van der Waals surface area contributed by atoms with Gasteiger partial charge in [0.2, 0.25) is 5.91 Å². The quantitative estimate of drug-likeness (QED) is 0.784. The molecule has 1 amide bonds. The number of hydrogen-bond donors (Lipinski definition) is 1. The summed E-state index contributed by atoms with van der Waals surface area (Å²) in [5, 5.41) is 3.31. The molecule has 1 N–H and O–H groups in total. The number of ether oxygens (including phenoxy) is 1. The van der Waals surface area contributed by atoms with Gasteiger partial charge >= 0.3 is 0 Å². The Morgan fingerprint density at radius 1 is 1.41 bits per heavy atom. The zero-order valence-electron chi connectivity index (χ0n) is 10.3. The Balaban J connectivity index is 2.51. The number of carbonyl (C=O) groups excluding carboxylic acids is 1. The minimum absolute atomic E-state index is 0.0275. The van der Waals surface area contributed by atoms with Crippen LogP contribution in [0.2, 0.25) is 5.02 Å². The van der Waals surface area contributed by atoms with Crippen molar-refractivity contribution < 1.29 is 9.53 Å². The maximum Gasteiger partial charge on any atom is 0.224 e. The minimum Gasteiger partial charge on any atom is -0.495 e. The summed E-state index contributed by atoms with van der Waals surface area (Å²) in [4.78, 5) is 11.6. The van der Waals surface area contributed by atoms with Gasteiger partial charge in [0, 0.05) is 12.1 Å². The lowest BCUT2D eigenvalue weighted by Gasteiger charge is -2.07. The number of amides is 1. The van der Waals surface area contributed by atoms with Gasteiger partial charge in [0.1, 0.15) is 5.75 Å². The van der Waals surface area contributed by atoms with E-state index in [-0.39, 0.29) is 5.91 Å². The Morgan fingerprint density at radius 2 is 2.18 bits per heavy atom. The lowest BCUT2D eigenvalue weighted by atomic mass is 10.2. The van der Waals surface area contributed by atoms with Gasteiger partial charge in [-0.2, -0.15) is 0 Å². The van der Waals surface area contributed by atoms with Gasteiger partial charge in [0.25, 0.3) is 0 Å². The third-order valence-electron chi connectivity index (χ3n) is 2.44. The highest BCUT2D eigenvalue weighted by molar-refractivity contribution is 6.32. The van der Waals surface area contributed by atoms with Crippen molar-refractivity contribution in [3.63, 3.8) is 0 Å². The molecule has 4 heteroatoms. The predicted octanol–water partition coefficient (Wildman–Crippen LogP) is 3.87. The molecule has 0 spiro atoms. The first-order valence-corrected chi connectivity index (χ1v) is 6.18. The fourth-order valence-electron chi connectivity index (χ4n) is 1.50. The second-order valence-corrected chi connectivity index (χ2v) is 4.26. The molecule has 0 aliphatic heterocycles. The Morgan fingerprint density at radius 3 is 2.76 bits per heavy atom. The molecule has 1 rings (SSSR count). The number of halogens is 1. The van der Waals surface area contributed by atoms with Crippen LogP contribution in [0.4, 0.5) is 5.69 Å². The molecule has 1 aromatic rings. The molecule has 94 valence electrons. The SMILES string of the molecule is CCCCCC(=O)Nc1ccc(OC)c(Cl)c1. The standard InChI is InChI=1S/C13H18ClNO2/c1-3-4-5-6-13(16)15-10-7-8-12(17-2)11(14)9-10/h7-9H,3-6H2,1-2H3,(H,15,16). The zero-order valence-corrected chi connectivity index (χ0v) is 11.0. The number of methoxy groups -OCH3 is 1. The fourth-order valence-corrected chi connectivity index (χ4v) is 1.76. The van der Waals surface area contributed by atoms with Gasteiger partial charge in [-0.3, -0.25) is 4.79 Å². The summed E-state index contributed by atoms with van der Waals surface area (Å²) in [5.41, 5.74) is 0.706. The maximum atomic E-state index is 11.6. The Bertz CT molecular complexity index is 380. The number of anilines is 1. The smallest absolute Gasteiger partial charge is 0.224 e. The molecule has 0 saturated heterocycles. The number of benzene rings is 1. The number of carbonyl (C=O) groups is 1. The Hall–Kier alpha value is -1.22. The summed E-state index contributed by atoms with van der Waals surface area (Å²) in [7, 11) is 1.56. The maximum absolute atomic E-state index is 11.6. The van der Waals surface area contributed by atoms with Gasteiger partial charge in [-0.25, -0.2) is 0 Å². The van der Waals surface area contributed by atoms with E-state index in [1.54, 1.807) is 25.3 Å².